The SMILES string of the molecule is CO[C@@H]1C=CC2OC(C[C@@H](C)C#N)CCC3CC2[C@H]1O3. The van der Waals surface area contributed by atoms with Crippen molar-refractivity contribution >= 4 is 0 Å². The Morgan fingerprint density at radius 3 is 2.95 bits per heavy atom. The molecule has 3 aliphatic rings. The molecule has 0 N–H and O–H groups in total. The van der Waals surface area contributed by atoms with Gasteiger partial charge in [-0.15, -0.1) is 0 Å². The summed E-state index contributed by atoms with van der Waals surface area (Å²) in [5.41, 5.74) is 0. The van der Waals surface area contributed by atoms with Crippen LogP contribution in [0.15, 0.2) is 12.2 Å². The molecule has 4 unspecified atom stereocenters. The standard InChI is InChI=1S/C16H23NO3/c1-10(9-17)7-11-3-4-12-8-13-14(19-11)5-6-15(18-2)16(13)20-12/h5-6,10-16H,3-4,7-8H2,1-2H3/t10-,11?,12?,13?,14?,15-,16-/m1/s1. The van der Waals surface area contributed by atoms with Crippen LogP contribution in [0.1, 0.15) is 32.6 Å². The Morgan fingerprint density at radius 2 is 2.20 bits per heavy atom. The summed E-state index contributed by atoms with van der Waals surface area (Å²) >= 11 is 0. The first kappa shape index (κ1) is 14.1. The molecule has 4 nitrogen and oxygen atoms in total. The van der Waals surface area contributed by atoms with Crippen LogP contribution in [0.2, 0.25) is 0 Å². The molecule has 0 radical (unpaired) electrons. The van der Waals surface area contributed by atoms with Crippen molar-refractivity contribution < 1.29 is 14.2 Å². The zero-order valence-electron chi connectivity index (χ0n) is 12.2. The van der Waals surface area contributed by atoms with Crippen LogP contribution in [-0.2, 0) is 14.2 Å². The summed E-state index contributed by atoms with van der Waals surface area (Å²) < 4.78 is 18.0. The minimum Gasteiger partial charge on any atom is -0.375 e. The van der Waals surface area contributed by atoms with Crippen LogP contribution in [0.3, 0.4) is 0 Å². The molecule has 20 heavy (non-hydrogen) atoms. The lowest BCUT2D eigenvalue weighted by Gasteiger charge is -2.35. The molecule has 2 saturated heterocycles. The van der Waals surface area contributed by atoms with Gasteiger partial charge in [0.1, 0.15) is 6.10 Å². The van der Waals surface area contributed by atoms with Crippen molar-refractivity contribution in [1.82, 2.24) is 0 Å². The normalized spacial score (nSPS) is 44.5. The fourth-order valence-corrected chi connectivity index (χ4v) is 3.76. The Hall–Kier alpha value is -0.890. The maximum Gasteiger partial charge on any atom is 0.102 e. The Bertz CT molecular complexity index is 416. The van der Waals surface area contributed by atoms with Crippen LogP contribution in [0, 0.1) is 23.2 Å². The number of nitriles is 1. The summed E-state index contributed by atoms with van der Waals surface area (Å²) in [6, 6.07) is 2.31. The molecule has 3 rings (SSSR count). The van der Waals surface area contributed by atoms with Gasteiger partial charge in [0.2, 0.25) is 0 Å². The molecule has 0 aromatic carbocycles. The number of ether oxygens (including phenoxy) is 3. The lowest BCUT2D eigenvalue weighted by molar-refractivity contribution is -0.0776. The molecular weight excluding hydrogens is 254 g/mol. The highest BCUT2D eigenvalue weighted by Crippen LogP contribution is 2.41. The second-order valence-electron chi connectivity index (χ2n) is 6.27. The van der Waals surface area contributed by atoms with E-state index in [9.17, 15) is 0 Å². The summed E-state index contributed by atoms with van der Waals surface area (Å²) in [7, 11) is 1.74. The zero-order valence-corrected chi connectivity index (χ0v) is 12.2. The predicted molar refractivity (Wildman–Crippen MR) is 74.0 cm³/mol. The Kier molecular flexibility index (Phi) is 4.11. The molecule has 0 amide bonds. The highest BCUT2D eigenvalue weighted by Gasteiger charge is 2.47. The van der Waals surface area contributed by atoms with Gasteiger partial charge >= 0.3 is 0 Å². The topological polar surface area (TPSA) is 51.5 Å². The summed E-state index contributed by atoms with van der Waals surface area (Å²) in [5, 5.41) is 8.99. The van der Waals surface area contributed by atoms with Gasteiger partial charge in [0.05, 0.1) is 30.5 Å². The van der Waals surface area contributed by atoms with Gasteiger partial charge in [-0.05, 0) is 32.6 Å². The van der Waals surface area contributed by atoms with E-state index in [0.29, 0.717) is 12.0 Å². The van der Waals surface area contributed by atoms with Gasteiger partial charge in [0.15, 0.2) is 0 Å². The lowest BCUT2D eigenvalue weighted by atomic mass is 9.83. The van der Waals surface area contributed by atoms with Crippen LogP contribution in [0.4, 0.5) is 0 Å². The summed E-state index contributed by atoms with van der Waals surface area (Å²) in [6.07, 6.45) is 8.91. The molecule has 2 aliphatic heterocycles. The highest BCUT2D eigenvalue weighted by molar-refractivity contribution is 5.12. The molecular formula is C16H23NO3. The van der Waals surface area contributed by atoms with Crippen molar-refractivity contribution in [3.63, 3.8) is 0 Å². The summed E-state index contributed by atoms with van der Waals surface area (Å²) in [6.45, 7) is 1.97. The quantitative estimate of drug-likeness (QED) is 0.744. The van der Waals surface area contributed by atoms with Crippen LogP contribution in [-0.4, -0.2) is 37.6 Å². The van der Waals surface area contributed by atoms with Gasteiger partial charge < -0.3 is 14.2 Å². The predicted octanol–water partition coefficient (Wildman–Crippen LogP) is 2.44. The number of fused-ring (bicyclic) bond motifs is 1. The Morgan fingerprint density at radius 1 is 1.35 bits per heavy atom. The first-order chi connectivity index (χ1) is 9.71. The van der Waals surface area contributed by atoms with E-state index in [2.05, 4.69) is 18.2 Å². The van der Waals surface area contributed by atoms with E-state index in [0.717, 1.165) is 25.7 Å². The van der Waals surface area contributed by atoms with Crippen molar-refractivity contribution in [2.45, 2.75) is 63.1 Å². The summed E-state index contributed by atoms with van der Waals surface area (Å²) in [5.74, 6) is 0.447. The van der Waals surface area contributed by atoms with E-state index in [1.165, 1.54) is 0 Å². The average Bonchev–Trinajstić information content (AvgIpc) is 2.88. The van der Waals surface area contributed by atoms with E-state index < -0.39 is 0 Å². The molecule has 0 spiro atoms. The third-order valence-corrected chi connectivity index (χ3v) is 4.81. The van der Waals surface area contributed by atoms with Crippen molar-refractivity contribution in [3.8, 4) is 6.07 Å². The van der Waals surface area contributed by atoms with Gasteiger partial charge in [-0.1, -0.05) is 12.2 Å². The second-order valence-corrected chi connectivity index (χ2v) is 6.27. The van der Waals surface area contributed by atoms with E-state index in [4.69, 9.17) is 19.5 Å². The third kappa shape index (κ3) is 2.63. The maximum atomic E-state index is 8.99. The third-order valence-electron chi connectivity index (χ3n) is 4.81. The van der Waals surface area contributed by atoms with Crippen molar-refractivity contribution in [2.24, 2.45) is 11.8 Å². The van der Waals surface area contributed by atoms with E-state index >= 15 is 0 Å². The highest BCUT2D eigenvalue weighted by atomic mass is 16.6. The van der Waals surface area contributed by atoms with Crippen molar-refractivity contribution in [3.05, 3.63) is 12.2 Å². The smallest absolute Gasteiger partial charge is 0.102 e. The van der Waals surface area contributed by atoms with Crippen LogP contribution < -0.4 is 0 Å². The van der Waals surface area contributed by atoms with Crippen LogP contribution in [0.25, 0.3) is 0 Å². The minimum atomic E-state index is 0.0492. The lowest BCUT2D eigenvalue weighted by Crippen LogP contribution is -2.42. The molecule has 1 aliphatic carbocycles. The average molecular weight is 277 g/mol. The molecule has 2 fully saturated rings. The molecule has 2 heterocycles. The monoisotopic (exact) mass is 277 g/mol. The van der Waals surface area contributed by atoms with Crippen LogP contribution >= 0.6 is 0 Å². The number of hydrogen-bond donors (Lipinski definition) is 0. The fourth-order valence-electron chi connectivity index (χ4n) is 3.76. The van der Waals surface area contributed by atoms with Gasteiger partial charge in [0, 0.05) is 18.9 Å². The van der Waals surface area contributed by atoms with E-state index in [1.54, 1.807) is 7.11 Å². The van der Waals surface area contributed by atoms with Crippen LogP contribution in [0.5, 0.6) is 0 Å². The van der Waals surface area contributed by atoms with Crippen molar-refractivity contribution in [2.75, 3.05) is 7.11 Å². The molecule has 0 aromatic rings. The van der Waals surface area contributed by atoms with E-state index in [1.807, 2.05) is 6.92 Å². The Labute approximate surface area is 120 Å². The summed E-state index contributed by atoms with van der Waals surface area (Å²) in [4.78, 5) is 0. The van der Waals surface area contributed by atoms with Crippen molar-refractivity contribution in [1.29, 1.82) is 5.26 Å². The molecule has 2 bridgehead atoms. The molecule has 110 valence electrons. The second kappa shape index (κ2) is 5.85. The van der Waals surface area contributed by atoms with E-state index in [-0.39, 0.29) is 30.3 Å². The largest absolute Gasteiger partial charge is 0.375 e. The van der Waals surface area contributed by atoms with Gasteiger partial charge in [-0.2, -0.15) is 5.26 Å². The number of hydrogen-bond acceptors (Lipinski definition) is 4. The first-order valence-corrected chi connectivity index (χ1v) is 7.63. The number of nitrogens with zero attached hydrogens (tertiary/aromatic N) is 1. The number of rotatable bonds is 3. The first-order valence-electron chi connectivity index (χ1n) is 7.63. The maximum absolute atomic E-state index is 8.99. The molecule has 0 aromatic heterocycles. The van der Waals surface area contributed by atoms with Gasteiger partial charge in [-0.3, -0.25) is 0 Å². The fraction of sp³-hybridized carbons (Fsp3) is 0.812. The molecule has 0 saturated carbocycles. The zero-order chi connectivity index (χ0) is 14.1. The van der Waals surface area contributed by atoms with Gasteiger partial charge in [0.25, 0.3) is 0 Å². The minimum absolute atomic E-state index is 0.0492. The number of methoxy groups -OCH3 is 1. The molecule has 4 heteroatoms. The Balaban J connectivity index is 1.75. The molecule has 7 atom stereocenters. The van der Waals surface area contributed by atoms with Gasteiger partial charge in [-0.25, -0.2) is 0 Å².